The first-order chi connectivity index (χ1) is 9.84. The van der Waals surface area contributed by atoms with Crippen LogP contribution >= 0.6 is 0 Å². The van der Waals surface area contributed by atoms with Gasteiger partial charge in [0, 0.05) is 18.1 Å². The van der Waals surface area contributed by atoms with E-state index < -0.39 is 0 Å². The molecule has 1 fully saturated rings. The number of hydrogen-bond acceptors (Lipinski definition) is 4. The molecular formula is C17H37N3O. The molecule has 21 heavy (non-hydrogen) atoms. The zero-order valence-corrected chi connectivity index (χ0v) is 14.9. The van der Waals surface area contributed by atoms with Crippen molar-refractivity contribution in [3.05, 3.63) is 0 Å². The topological polar surface area (TPSA) is 38.7 Å². The van der Waals surface area contributed by atoms with Crippen LogP contribution in [0, 0.1) is 5.92 Å². The summed E-state index contributed by atoms with van der Waals surface area (Å²) in [6, 6.07) is 0.420. The van der Waals surface area contributed by atoms with E-state index in [4.69, 9.17) is 0 Å². The van der Waals surface area contributed by atoms with Gasteiger partial charge in [-0.05, 0) is 72.3 Å². The van der Waals surface area contributed by atoms with Crippen molar-refractivity contribution in [2.45, 2.75) is 58.0 Å². The van der Waals surface area contributed by atoms with Gasteiger partial charge in [-0.2, -0.15) is 0 Å². The highest BCUT2D eigenvalue weighted by Gasteiger charge is 2.24. The average molecular weight is 300 g/mol. The molecule has 0 amide bonds. The monoisotopic (exact) mass is 299 g/mol. The molecule has 1 unspecified atom stereocenters. The van der Waals surface area contributed by atoms with Gasteiger partial charge in [-0.25, -0.2) is 0 Å². The molecule has 126 valence electrons. The smallest absolute Gasteiger partial charge is 0.0610 e. The molecule has 1 aliphatic heterocycles. The Balaban J connectivity index is 2.21. The summed E-state index contributed by atoms with van der Waals surface area (Å²) in [6.45, 7) is 11.5. The maximum absolute atomic E-state index is 9.61. The van der Waals surface area contributed by atoms with Crippen LogP contribution in [-0.2, 0) is 0 Å². The quantitative estimate of drug-likeness (QED) is 0.681. The fourth-order valence-corrected chi connectivity index (χ4v) is 3.50. The second-order valence-electron chi connectivity index (χ2n) is 7.67. The molecule has 1 rings (SSSR count). The molecule has 1 saturated heterocycles. The molecule has 0 aromatic carbocycles. The van der Waals surface area contributed by atoms with Crippen LogP contribution in [0.1, 0.15) is 46.5 Å². The second kappa shape index (κ2) is 9.09. The van der Waals surface area contributed by atoms with Crippen molar-refractivity contribution in [2.75, 3.05) is 46.9 Å². The maximum atomic E-state index is 9.61. The lowest BCUT2D eigenvalue weighted by atomic mass is 9.94. The highest BCUT2D eigenvalue weighted by molar-refractivity contribution is 4.84. The van der Waals surface area contributed by atoms with Crippen LogP contribution in [0.4, 0.5) is 0 Å². The summed E-state index contributed by atoms with van der Waals surface area (Å²) in [4.78, 5) is 4.91. The zero-order chi connectivity index (χ0) is 15.9. The summed E-state index contributed by atoms with van der Waals surface area (Å²) in [5, 5.41) is 13.1. The van der Waals surface area contributed by atoms with Gasteiger partial charge in [0.1, 0.15) is 0 Å². The highest BCUT2D eigenvalue weighted by Crippen LogP contribution is 2.19. The minimum absolute atomic E-state index is 0.128. The van der Waals surface area contributed by atoms with Crippen LogP contribution in [0.2, 0.25) is 0 Å². The summed E-state index contributed by atoms with van der Waals surface area (Å²) in [6.07, 6.45) is 4.87. The molecule has 4 nitrogen and oxygen atoms in total. The molecule has 0 radical (unpaired) electrons. The summed E-state index contributed by atoms with van der Waals surface area (Å²) in [7, 11) is 4.34. The van der Waals surface area contributed by atoms with Gasteiger partial charge in [0.05, 0.1) is 6.61 Å². The van der Waals surface area contributed by atoms with Gasteiger partial charge < -0.3 is 20.2 Å². The van der Waals surface area contributed by atoms with Crippen LogP contribution in [0.5, 0.6) is 0 Å². The third kappa shape index (κ3) is 7.59. The summed E-state index contributed by atoms with van der Waals surface area (Å²) >= 11 is 0. The van der Waals surface area contributed by atoms with Crippen LogP contribution in [0.15, 0.2) is 0 Å². The number of nitrogens with zero attached hydrogens (tertiary/aromatic N) is 2. The van der Waals surface area contributed by atoms with Crippen molar-refractivity contribution in [3.8, 4) is 0 Å². The Hall–Kier alpha value is -0.160. The Morgan fingerprint density at radius 3 is 2.38 bits per heavy atom. The van der Waals surface area contributed by atoms with E-state index in [9.17, 15) is 5.11 Å². The van der Waals surface area contributed by atoms with Crippen molar-refractivity contribution in [2.24, 2.45) is 5.92 Å². The van der Waals surface area contributed by atoms with E-state index in [-0.39, 0.29) is 12.1 Å². The molecule has 2 N–H and O–H groups in total. The fraction of sp³-hybridized carbons (Fsp3) is 1.00. The van der Waals surface area contributed by atoms with E-state index in [0.717, 1.165) is 18.8 Å². The molecule has 1 atom stereocenters. The minimum atomic E-state index is -0.128. The standard InChI is InChI=1S/C17H37N3O/c1-15(2)18-17(3,14-21)9-6-10-20-11-7-16(8-12-20)13-19(4)5/h15-16,18,21H,6-14H2,1-5H3. The summed E-state index contributed by atoms with van der Waals surface area (Å²) in [5.74, 6) is 0.876. The molecule has 0 aliphatic carbocycles. The van der Waals surface area contributed by atoms with Crippen LogP contribution in [0.3, 0.4) is 0 Å². The van der Waals surface area contributed by atoms with Crippen molar-refractivity contribution >= 4 is 0 Å². The first-order valence-corrected chi connectivity index (χ1v) is 8.60. The predicted molar refractivity (Wildman–Crippen MR) is 90.7 cm³/mol. The van der Waals surface area contributed by atoms with Gasteiger partial charge in [-0.3, -0.25) is 0 Å². The van der Waals surface area contributed by atoms with E-state index in [2.05, 4.69) is 50.0 Å². The molecular weight excluding hydrogens is 262 g/mol. The molecule has 1 aliphatic rings. The van der Waals surface area contributed by atoms with Gasteiger partial charge in [0.2, 0.25) is 0 Å². The minimum Gasteiger partial charge on any atom is -0.394 e. The Bertz CT molecular complexity index is 275. The predicted octanol–water partition coefficient (Wildman–Crippen LogP) is 1.79. The van der Waals surface area contributed by atoms with E-state index >= 15 is 0 Å². The van der Waals surface area contributed by atoms with Gasteiger partial charge in [0.25, 0.3) is 0 Å². The first-order valence-electron chi connectivity index (χ1n) is 8.60. The van der Waals surface area contributed by atoms with E-state index in [1.807, 2.05) is 0 Å². The molecule has 0 aromatic heterocycles. The number of aliphatic hydroxyl groups excluding tert-OH is 1. The van der Waals surface area contributed by atoms with Crippen molar-refractivity contribution in [1.82, 2.24) is 15.1 Å². The second-order valence-corrected chi connectivity index (χ2v) is 7.67. The Kier molecular flexibility index (Phi) is 8.17. The van der Waals surface area contributed by atoms with Gasteiger partial charge in [-0.15, -0.1) is 0 Å². The Labute approximate surface area is 131 Å². The number of rotatable bonds is 9. The number of hydrogen-bond donors (Lipinski definition) is 2. The third-order valence-electron chi connectivity index (χ3n) is 4.52. The number of likely N-dealkylation sites (tertiary alicyclic amines) is 1. The largest absolute Gasteiger partial charge is 0.394 e. The third-order valence-corrected chi connectivity index (χ3v) is 4.52. The van der Waals surface area contributed by atoms with Crippen molar-refractivity contribution in [3.63, 3.8) is 0 Å². The average Bonchev–Trinajstić information content (AvgIpc) is 2.39. The van der Waals surface area contributed by atoms with Crippen molar-refractivity contribution < 1.29 is 5.11 Å². The molecule has 1 heterocycles. The van der Waals surface area contributed by atoms with E-state index in [0.29, 0.717) is 6.04 Å². The molecule has 0 aromatic rings. The maximum Gasteiger partial charge on any atom is 0.0610 e. The van der Waals surface area contributed by atoms with Crippen LogP contribution in [-0.4, -0.2) is 73.4 Å². The van der Waals surface area contributed by atoms with E-state index in [1.165, 1.54) is 39.0 Å². The normalized spacial score (nSPS) is 21.1. The number of nitrogens with one attached hydrogen (secondary N) is 1. The van der Waals surface area contributed by atoms with Crippen LogP contribution < -0.4 is 5.32 Å². The molecule has 0 spiro atoms. The van der Waals surface area contributed by atoms with E-state index in [1.54, 1.807) is 0 Å². The number of piperidine rings is 1. The zero-order valence-electron chi connectivity index (χ0n) is 14.9. The number of aliphatic hydroxyl groups is 1. The van der Waals surface area contributed by atoms with Gasteiger partial charge in [0.15, 0.2) is 0 Å². The lowest BCUT2D eigenvalue weighted by Crippen LogP contribution is -2.49. The van der Waals surface area contributed by atoms with Gasteiger partial charge >= 0.3 is 0 Å². The molecule has 4 heteroatoms. The summed E-state index contributed by atoms with van der Waals surface area (Å²) in [5.41, 5.74) is -0.128. The van der Waals surface area contributed by atoms with Gasteiger partial charge in [-0.1, -0.05) is 13.8 Å². The Morgan fingerprint density at radius 1 is 1.29 bits per heavy atom. The highest BCUT2D eigenvalue weighted by atomic mass is 16.3. The van der Waals surface area contributed by atoms with Crippen LogP contribution in [0.25, 0.3) is 0 Å². The lowest BCUT2D eigenvalue weighted by Gasteiger charge is -2.35. The molecule has 0 bridgehead atoms. The van der Waals surface area contributed by atoms with Crippen molar-refractivity contribution in [1.29, 1.82) is 0 Å². The Morgan fingerprint density at radius 2 is 1.90 bits per heavy atom. The molecule has 0 saturated carbocycles. The summed E-state index contributed by atoms with van der Waals surface area (Å²) < 4.78 is 0. The lowest BCUT2D eigenvalue weighted by molar-refractivity contribution is 0.134. The fourth-order valence-electron chi connectivity index (χ4n) is 3.50. The first kappa shape index (κ1) is 18.9. The SMILES string of the molecule is CC(C)NC(C)(CO)CCCN1CCC(CN(C)C)CC1.